The minimum atomic E-state index is 0.601. The van der Waals surface area contributed by atoms with Gasteiger partial charge < -0.3 is 5.73 Å². The molecule has 0 aliphatic carbocycles. The average molecular weight is 201 g/mol. The van der Waals surface area contributed by atoms with Crippen molar-refractivity contribution in [3.8, 4) is 0 Å². The molecule has 0 amide bonds. The lowest BCUT2D eigenvalue weighted by atomic mass is 10.3. The summed E-state index contributed by atoms with van der Waals surface area (Å²) in [5.74, 6) is 1.48. The molecule has 2 N–H and O–H groups in total. The van der Waals surface area contributed by atoms with Crippen LogP contribution in [0, 0.1) is 0 Å². The Balaban J connectivity index is 2.87. The Morgan fingerprint density at radius 3 is 2.75 bits per heavy atom. The monoisotopic (exact) mass is 201 g/mol. The summed E-state index contributed by atoms with van der Waals surface area (Å²) in [7, 11) is 0. The summed E-state index contributed by atoms with van der Waals surface area (Å²) in [5, 5.41) is 0.734. The van der Waals surface area contributed by atoms with Crippen LogP contribution in [0.2, 0.25) is 0 Å². The van der Waals surface area contributed by atoms with Crippen LogP contribution >= 0.6 is 23.5 Å². The number of anilines is 1. The zero-order chi connectivity index (χ0) is 8.97. The number of nitrogens with zero attached hydrogens (tertiary/aromatic N) is 2. The standard InChI is InChI=1S/C7H11N3S2/c1-11-4-5-3-9-7(12-2)10-6(5)8/h3H,4H2,1-2H3,(H2,8,9,10). The highest BCUT2D eigenvalue weighted by atomic mass is 32.2. The summed E-state index contributed by atoms with van der Waals surface area (Å²) in [6.45, 7) is 0. The lowest BCUT2D eigenvalue weighted by Crippen LogP contribution is -1.99. The van der Waals surface area contributed by atoms with E-state index in [2.05, 4.69) is 9.97 Å². The number of nitrogen functional groups attached to an aromatic ring is 1. The van der Waals surface area contributed by atoms with Gasteiger partial charge in [0.15, 0.2) is 5.16 Å². The SMILES string of the molecule is CSCc1cnc(SC)nc1N. The Morgan fingerprint density at radius 2 is 2.25 bits per heavy atom. The molecule has 0 saturated carbocycles. The van der Waals surface area contributed by atoms with E-state index in [1.165, 1.54) is 11.8 Å². The molecule has 3 nitrogen and oxygen atoms in total. The molecule has 5 heteroatoms. The highest BCUT2D eigenvalue weighted by Crippen LogP contribution is 2.16. The molecular formula is C7H11N3S2. The second-order valence-electron chi connectivity index (χ2n) is 2.20. The van der Waals surface area contributed by atoms with Crippen LogP contribution in [0.5, 0.6) is 0 Å². The molecule has 0 aliphatic rings. The quantitative estimate of drug-likeness (QED) is 0.595. The first-order valence-corrected chi connectivity index (χ1v) is 6.04. The second kappa shape index (κ2) is 4.57. The van der Waals surface area contributed by atoms with E-state index in [9.17, 15) is 0 Å². The predicted molar refractivity (Wildman–Crippen MR) is 55.4 cm³/mol. The third kappa shape index (κ3) is 2.28. The van der Waals surface area contributed by atoms with Crippen LogP contribution in [0.3, 0.4) is 0 Å². The maximum Gasteiger partial charge on any atom is 0.189 e. The fourth-order valence-corrected chi connectivity index (χ4v) is 1.65. The summed E-state index contributed by atoms with van der Waals surface area (Å²) in [5.41, 5.74) is 6.72. The molecule has 1 aromatic rings. The summed E-state index contributed by atoms with van der Waals surface area (Å²) in [6.07, 6.45) is 5.76. The van der Waals surface area contributed by atoms with Crippen molar-refractivity contribution >= 4 is 29.3 Å². The van der Waals surface area contributed by atoms with Crippen molar-refractivity contribution in [2.75, 3.05) is 18.2 Å². The van der Waals surface area contributed by atoms with Crippen molar-refractivity contribution in [3.05, 3.63) is 11.8 Å². The van der Waals surface area contributed by atoms with E-state index >= 15 is 0 Å². The van der Waals surface area contributed by atoms with Gasteiger partial charge >= 0.3 is 0 Å². The fraction of sp³-hybridized carbons (Fsp3) is 0.429. The van der Waals surface area contributed by atoms with Crippen LogP contribution < -0.4 is 5.73 Å². The number of nitrogens with two attached hydrogens (primary N) is 1. The Hall–Kier alpha value is -0.420. The van der Waals surface area contributed by atoms with Crippen molar-refractivity contribution in [1.82, 2.24) is 9.97 Å². The number of aromatic nitrogens is 2. The highest BCUT2D eigenvalue weighted by molar-refractivity contribution is 7.98. The molecule has 0 unspecified atom stereocenters. The molecule has 0 fully saturated rings. The molecule has 0 saturated heterocycles. The molecule has 0 aliphatic heterocycles. The smallest absolute Gasteiger partial charge is 0.189 e. The van der Waals surface area contributed by atoms with E-state index in [0.717, 1.165) is 16.5 Å². The minimum Gasteiger partial charge on any atom is -0.383 e. The molecule has 66 valence electrons. The topological polar surface area (TPSA) is 51.8 Å². The fourth-order valence-electron chi connectivity index (χ4n) is 0.768. The van der Waals surface area contributed by atoms with Gasteiger partial charge in [-0.05, 0) is 12.5 Å². The van der Waals surface area contributed by atoms with Gasteiger partial charge in [-0.3, -0.25) is 0 Å². The van der Waals surface area contributed by atoms with Gasteiger partial charge in [-0.1, -0.05) is 11.8 Å². The van der Waals surface area contributed by atoms with Crippen LogP contribution in [0.4, 0.5) is 5.82 Å². The van der Waals surface area contributed by atoms with Gasteiger partial charge in [0.05, 0.1) is 0 Å². The molecule has 1 aromatic heterocycles. The normalized spacial score (nSPS) is 10.2. The number of rotatable bonds is 3. The van der Waals surface area contributed by atoms with Crippen LogP contribution in [0.1, 0.15) is 5.56 Å². The van der Waals surface area contributed by atoms with Crippen molar-refractivity contribution in [1.29, 1.82) is 0 Å². The average Bonchev–Trinajstić information content (AvgIpc) is 2.09. The third-order valence-corrected chi connectivity index (χ3v) is 2.52. The number of hydrogen-bond acceptors (Lipinski definition) is 5. The summed E-state index contributed by atoms with van der Waals surface area (Å²) < 4.78 is 0. The van der Waals surface area contributed by atoms with E-state index in [0.29, 0.717) is 5.82 Å². The van der Waals surface area contributed by atoms with E-state index < -0.39 is 0 Å². The van der Waals surface area contributed by atoms with Crippen LogP contribution in [-0.4, -0.2) is 22.5 Å². The maximum absolute atomic E-state index is 5.71. The first kappa shape index (κ1) is 9.67. The van der Waals surface area contributed by atoms with Crippen LogP contribution in [0.25, 0.3) is 0 Å². The molecule has 0 radical (unpaired) electrons. The first-order chi connectivity index (χ1) is 5.77. The Bertz CT molecular complexity index is 265. The van der Waals surface area contributed by atoms with Gasteiger partial charge in [0.2, 0.25) is 0 Å². The maximum atomic E-state index is 5.71. The highest BCUT2D eigenvalue weighted by Gasteiger charge is 2.01. The lowest BCUT2D eigenvalue weighted by Gasteiger charge is -2.02. The molecule has 1 rings (SSSR count). The van der Waals surface area contributed by atoms with Gasteiger partial charge in [-0.25, -0.2) is 9.97 Å². The van der Waals surface area contributed by atoms with Crippen LogP contribution in [-0.2, 0) is 5.75 Å². The van der Waals surface area contributed by atoms with Crippen molar-refractivity contribution in [2.24, 2.45) is 0 Å². The van der Waals surface area contributed by atoms with Crippen molar-refractivity contribution < 1.29 is 0 Å². The van der Waals surface area contributed by atoms with E-state index in [1.807, 2.05) is 12.5 Å². The second-order valence-corrected chi connectivity index (χ2v) is 3.84. The predicted octanol–water partition coefficient (Wildman–Crippen LogP) is 1.64. The summed E-state index contributed by atoms with van der Waals surface area (Å²) >= 11 is 3.22. The molecule has 0 aromatic carbocycles. The van der Waals surface area contributed by atoms with Crippen LogP contribution in [0.15, 0.2) is 11.4 Å². The van der Waals surface area contributed by atoms with Gasteiger partial charge in [-0.15, -0.1) is 0 Å². The van der Waals surface area contributed by atoms with Crippen molar-refractivity contribution in [3.63, 3.8) is 0 Å². The van der Waals surface area contributed by atoms with Gasteiger partial charge in [0, 0.05) is 17.5 Å². The number of hydrogen-bond donors (Lipinski definition) is 1. The number of thioether (sulfide) groups is 2. The first-order valence-electron chi connectivity index (χ1n) is 3.42. The third-order valence-electron chi connectivity index (χ3n) is 1.36. The van der Waals surface area contributed by atoms with Crippen molar-refractivity contribution in [2.45, 2.75) is 10.9 Å². The Labute approximate surface area is 80.6 Å². The zero-order valence-corrected chi connectivity index (χ0v) is 8.71. The van der Waals surface area contributed by atoms with Gasteiger partial charge in [0.25, 0.3) is 0 Å². The zero-order valence-electron chi connectivity index (χ0n) is 7.07. The molecule has 0 bridgehead atoms. The van der Waals surface area contributed by atoms with Gasteiger partial charge in [0.1, 0.15) is 5.82 Å². The molecule has 0 atom stereocenters. The summed E-state index contributed by atoms with van der Waals surface area (Å²) in [6, 6.07) is 0. The molecule has 12 heavy (non-hydrogen) atoms. The molecule has 1 heterocycles. The minimum absolute atomic E-state index is 0.601. The lowest BCUT2D eigenvalue weighted by molar-refractivity contribution is 0.960. The molecular weight excluding hydrogens is 190 g/mol. The van der Waals surface area contributed by atoms with E-state index in [-0.39, 0.29) is 0 Å². The Kier molecular flexibility index (Phi) is 3.68. The van der Waals surface area contributed by atoms with E-state index in [1.54, 1.807) is 18.0 Å². The van der Waals surface area contributed by atoms with Gasteiger partial charge in [-0.2, -0.15) is 11.8 Å². The van der Waals surface area contributed by atoms with E-state index in [4.69, 9.17) is 5.73 Å². The summed E-state index contributed by atoms with van der Waals surface area (Å²) in [4.78, 5) is 8.26. The largest absolute Gasteiger partial charge is 0.383 e. The molecule has 0 spiro atoms. The Morgan fingerprint density at radius 1 is 1.50 bits per heavy atom.